The maximum absolute atomic E-state index is 12.3. The number of rotatable bonds is 1. The van der Waals surface area contributed by atoms with E-state index in [1.807, 2.05) is 0 Å². The number of carbonyl (C=O) groups is 2. The van der Waals surface area contributed by atoms with E-state index in [2.05, 4.69) is 13.8 Å². The van der Waals surface area contributed by atoms with E-state index in [-0.39, 0.29) is 18.1 Å². The fourth-order valence-corrected chi connectivity index (χ4v) is 2.49. The second-order valence-corrected chi connectivity index (χ2v) is 5.74. The molecule has 6 heteroatoms. The first-order chi connectivity index (χ1) is 8.41. The van der Waals surface area contributed by atoms with Gasteiger partial charge < -0.3 is 19.6 Å². The number of likely N-dealkylation sites (tertiary alicyclic amines) is 1. The Balaban J connectivity index is 2.05. The van der Waals surface area contributed by atoms with Crippen LogP contribution in [0, 0.1) is 5.41 Å². The molecule has 2 amide bonds. The average molecular weight is 256 g/mol. The molecule has 0 aromatic carbocycles. The molecule has 102 valence electrons. The SMILES string of the molecule is CC1(C)CCN(C(=O)N2CCOCC2C(=O)O)C1. The second kappa shape index (κ2) is 4.76. The summed E-state index contributed by atoms with van der Waals surface area (Å²) in [6.45, 7) is 6.48. The minimum atomic E-state index is -0.999. The highest BCUT2D eigenvalue weighted by Crippen LogP contribution is 2.29. The molecule has 2 aliphatic heterocycles. The highest BCUT2D eigenvalue weighted by Gasteiger charge is 2.39. The summed E-state index contributed by atoms with van der Waals surface area (Å²) < 4.78 is 5.13. The summed E-state index contributed by atoms with van der Waals surface area (Å²) >= 11 is 0. The van der Waals surface area contributed by atoms with Crippen molar-refractivity contribution in [1.82, 2.24) is 9.80 Å². The van der Waals surface area contributed by atoms with Crippen molar-refractivity contribution in [3.05, 3.63) is 0 Å². The number of amides is 2. The lowest BCUT2D eigenvalue weighted by Gasteiger charge is -2.35. The predicted octanol–water partition coefficient (Wildman–Crippen LogP) is 0.624. The molecular formula is C12H20N2O4. The molecule has 0 radical (unpaired) electrons. The first-order valence-corrected chi connectivity index (χ1v) is 6.27. The molecule has 2 rings (SSSR count). The van der Waals surface area contributed by atoms with Crippen molar-refractivity contribution in [3.8, 4) is 0 Å². The third-order valence-corrected chi connectivity index (χ3v) is 3.61. The molecule has 2 heterocycles. The highest BCUT2D eigenvalue weighted by atomic mass is 16.5. The van der Waals surface area contributed by atoms with Gasteiger partial charge in [0.15, 0.2) is 6.04 Å². The van der Waals surface area contributed by atoms with E-state index >= 15 is 0 Å². The summed E-state index contributed by atoms with van der Waals surface area (Å²) in [6, 6.07) is -1.02. The fraction of sp³-hybridized carbons (Fsp3) is 0.833. The zero-order valence-electron chi connectivity index (χ0n) is 10.9. The Bertz CT molecular complexity index is 356. The predicted molar refractivity (Wildman–Crippen MR) is 64.3 cm³/mol. The number of hydrogen-bond donors (Lipinski definition) is 1. The molecule has 0 aromatic heterocycles. The molecule has 0 aromatic rings. The van der Waals surface area contributed by atoms with Crippen molar-refractivity contribution in [2.75, 3.05) is 32.8 Å². The largest absolute Gasteiger partial charge is 0.480 e. The number of urea groups is 1. The van der Waals surface area contributed by atoms with Crippen LogP contribution in [0.15, 0.2) is 0 Å². The van der Waals surface area contributed by atoms with Gasteiger partial charge in [-0.15, -0.1) is 0 Å². The highest BCUT2D eigenvalue weighted by molar-refractivity contribution is 5.83. The van der Waals surface area contributed by atoms with Crippen molar-refractivity contribution in [1.29, 1.82) is 0 Å². The van der Waals surface area contributed by atoms with E-state index in [0.717, 1.165) is 6.42 Å². The van der Waals surface area contributed by atoms with Gasteiger partial charge in [-0.3, -0.25) is 0 Å². The zero-order chi connectivity index (χ0) is 13.3. The van der Waals surface area contributed by atoms with Gasteiger partial charge >= 0.3 is 12.0 Å². The molecule has 0 saturated carbocycles. The smallest absolute Gasteiger partial charge is 0.328 e. The van der Waals surface area contributed by atoms with Crippen molar-refractivity contribution in [2.45, 2.75) is 26.3 Å². The standard InChI is InChI=1S/C12H20N2O4/c1-12(2)3-4-13(8-12)11(17)14-5-6-18-7-9(14)10(15)16/h9H,3-8H2,1-2H3,(H,15,16). The summed E-state index contributed by atoms with van der Waals surface area (Å²) in [5.41, 5.74) is 0.126. The molecule has 1 N–H and O–H groups in total. The molecule has 2 fully saturated rings. The summed E-state index contributed by atoms with van der Waals surface area (Å²) in [4.78, 5) is 26.6. The number of nitrogens with zero attached hydrogens (tertiary/aromatic N) is 2. The lowest BCUT2D eigenvalue weighted by atomic mass is 9.93. The number of carbonyl (C=O) groups excluding carboxylic acids is 1. The number of carboxylic acids is 1. The Morgan fingerprint density at radius 3 is 2.61 bits per heavy atom. The van der Waals surface area contributed by atoms with Gasteiger partial charge in [0.1, 0.15) is 0 Å². The molecule has 2 saturated heterocycles. The van der Waals surface area contributed by atoms with Crippen molar-refractivity contribution < 1.29 is 19.4 Å². The first kappa shape index (κ1) is 13.1. The quantitative estimate of drug-likeness (QED) is 0.747. The molecule has 0 spiro atoms. The fourth-order valence-electron chi connectivity index (χ4n) is 2.49. The van der Waals surface area contributed by atoms with E-state index in [9.17, 15) is 9.59 Å². The maximum Gasteiger partial charge on any atom is 0.328 e. The van der Waals surface area contributed by atoms with Gasteiger partial charge in [-0.05, 0) is 11.8 Å². The number of hydrogen-bond acceptors (Lipinski definition) is 3. The Labute approximate surface area is 106 Å². The minimum Gasteiger partial charge on any atom is -0.480 e. The van der Waals surface area contributed by atoms with Crippen LogP contribution in [-0.4, -0.2) is 65.8 Å². The van der Waals surface area contributed by atoms with Crippen LogP contribution in [0.25, 0.3) is 0 Å². The molecular weight excluding hydrogens is 236 g/mol. The van der Waals surface area contributed by atoms with Crippen LogP contribution in [0.3, 0.4) is 0 Å². The van der Waals surface area contributed by atoms with Gasteiger partial charge in [0.05, 0.1) is 13.2 Å². The lowest BCUT2D eigenvalue weighted by Crippen LogP contribution is -2.56. The van der Waals surface area contributed by atoms with Crippen molar-refractivity contribution in [3.63, 3.8) is 0 Å². The van der Waals surface area contributed by atoms with Gasteiger partial charge in [-0.25, -0.2) is 9.59 Å². The van der Waals surface area contributed by atoms with E-state index in [4.69, 9.17) is 9.84 Å². The molecule has 0 bridgehead atoms. The third kappa shape index (κ3) is 2.58. The van der Waals surface area contributed by atoms with Crippen molar-refractivity contribution >= 4 is 12.0 Å². The van der Waals surface area contributed by atoms with Gasteiger partial charge in [-0.1, -0.05) is 13.8 Å². The molecule has 18 heavy (non-hydrogen) atoms. The van der Waals surface area contributed by atoms with Crippen LogP contribution >= 0.6 is 0 Å². The summed E-state index contributed by atoms with van der Waals surface area (Å²) in [6.07, 6.45) is 0.959. The lowest BCUT2D eigenvalue weighted by molar-refractivity contribution is -0.147. The maximum atomic E-state index is 12.3. The van der Waals surface area contributed by atoms with Gasteiger partial charge in [-0.2, -0.15) is 0 Å². The van der Waals surface area contributed by atoms with Crippen LogP contribution in [-0.2, 0) is 9.53 Å². The zero-order valence-corrected chi connectivity index (χ0v) is 10.9. The van der Waals surface area contributed by atoms with E-state index in [1.165, 1.54) is 4.90 Å². The Kier molecular flexibility index (Phi) is 3.47. The second-order valence-electron chi connectivity index (χ2n) is 5.74. The van der Waals surface area contributed by atoms with E-state index in [1.54, 1.807) is 4.90 Å². The summed E-state index contributed by atoms with van der Waals surface area (Å²) in [7, 11) is 0. The van der Waals surface area contributed by atoms with E-state index in [0.29, 0.717) is 26.2 Å². The number of carboxylic acid groups (broad SMARTS) is 1. The molecule has 0 aliphatic carbocycles. The number of morpholine rings is 1. The number of aliphatic carboxylic acids is 1. The third-order valence-electron chi connectivity index (χ3n) is 3.61. The summed E-state index contributed by atoms with van der Waals surface area (Å²) in [5, 5.41) is 9.11. The van der Waals surface area contributed by atoms with Crippen LogP contribution in [0.4, 0.5) is 4.79 Å². The molecule has 6 nitrogen and oxygen atoms in total. The van der Waals surface area contributed by atoms with Gasteiger partial charge in [0.2, 0.25) is 0 Å². The first-order valence-electron chi connectivity index (χ1n) is 6.27. The van der Waals surface area contributed by atoms with Crippen LogP contribution in [0.5, 0.6) is 0 Å². The Morgan fingerprint density at radius 1 is 1.33 bits per heavy atom. The van der Waals surface area contributed by atoms with Crippen molar-refractivity contribution in [2.24, 2.45) is 5.41 Å². The Morgan fingerprint density at radius 2 is 2.06 bits per heavy atom. The monoisotopic (exact) mass is 256 g/mol. The molecule has 2 aliphatic rings. The van der Waals surface area contributed by atoms with Crippen LogP contribution in [0.1, 0.15) is 20.3 Å². The average Bonchev–Trinajstić information content (AvgIpc) is 2.68. The van der Waals surface area contributed by atoms with Crippen LogP contribution in [0.2, 0.25) is 0 Å². The number of ether oxygens (including phenoxy) is 1. The summed E-state index contributed by atoms with van der Waals surface area (Å²) in [5.74, 6) is -0.999. The topological polar surface area (TPSA) is 70.1 Å². The van der Waals surface area contributed by atoms with Gasteiger partial charge in [0.25, 0.3) is 0 Å². The minimum absolute atomic E-state index is 0.0817. The molecule has 1 atom stereocenters. The molecule has 1 unspecified atom stereocenters. The van der Waals surface area contributed by atoms with Gasteiger partial charge in [0, 0.05) is 19.6 Å². The van der Waals surface area contributed by atoms with E-state index < -0.39 is 12.0 Å². The normalized spacial score (nSPS) is 27.3. The Hall–Kier alpha value is -1.30. The van der Waals surface area contributed by atoms with Crippen LogP contribution < -0.4 is 0 Å².